The average Bonchev–Trinajstić information content (AvgIpc) is 2.03. The van der Waals surface area contributed by atoms with Crippen molar-refractivity contribution in [1.29, 1.82) is 0 Å². The van der Waals surface area contributed by atoms with E-state index in [9.17, 15) is 4.79 Å². The number of ether oxygens (including phenoxy) is 3. The summed E-state index contributed by atoms with van der Waals surface area (Å²) in [6.07, 6.45) is -0.300. The van der Waals surface area contributed by atoms with E-state index in [0.717, 1.165) is 0 Å². The number of nitrogens with two attached hydrogens (primary N) is 1. The third kappa shape index (κ3) is 9.26. The Morgan fingerprint density at radius 2 is 2.15 bits per heavy atom. The Labute approximate surface area is 78.1 Å². The lowest BCUT2D eigenvalue weighted by molar-refractivity contribution is -0.149. The lowest BCUT2D eigenvalue weighted by Gasteiger charge is -2.07. The molecule has 0 aliphatic carbocycles. The molecule has 13 heavy (non-hydrogen) atoms. The smallest absolute Gasteiger partial charge is 0.332 e. The predicted octanol–water partition coefficient (Wildman–Crippen LogP) is -0.113. The maximum Gasteiger partial charge on any atom is 0.332 e. The van der Waals surface area contributed by atoms with Crippen molar-refractivity contribution in [1.82, 2.24) is 0 Å². The highest BCUT2D eigenvalue weighted by molar-refractivity contribution is 5.70. The fourth-order valence-electron chi connectivity index (χ4n) is 0.651. The van der Waals surface area contributed by atoms with Crippen LogP contribution in [-0.4, -0.2) is 38.6 Å². The van der Waals surface area contributed by atoms with E-state index in [1.807, 2.05) is 0 Å². The van der Waals surface area contributed by atoms with Gasteiger partial charge in [-0.3, -0.25) is 0 Å². The van der Waals surface area contributed by atoms with E-state index in [4.69, 9.17) is 15.2 Å². The van der Waals surface area contributed by atoms with Gasteiger partial charge in [-0.05, 0) is 13.8 Å². The van der Waals surface area contributed by atoms with Crippen molar-refractivity contribution < 1.29 is 19.0 Å². The molecule has 78 valence electrons. The molecule has 1 unspecified atom stereocenters. The summed E-state index contributed by atoms with van der Waals surface area (Å²) in [6.45, 7) is 4.55. The van der Waals surface area contributed by atoms with Crippen LogP contribution in [-0.2, 0) is 19.0 Å². The molecule has 0 saturated carbocycles. The van der Waals surface area contributed by atoms with Crippen LogP contribution in [0.25, 0.3) is 0 Å². The second kappa shape index (κ2) is 7.97. The number of hydrogen-bond acceptors (Lipinski definition) is 5. The molecule has 0 aromatic rings. The van der Waals surface area contributed by atoms with E-state index in [1.165, 1.54) is 0 Å². The Hall–Kier alpha value is -0.650. The van der Waals surface area contributed by atoms with Crippen molar-refractivity contribution in [3.8, 4) is 0 Å². The molecule has 0 aliphatic rings. The molecule has 0 aliphatic heterocycles. The summed E-state index contributed by atoms with van der Waals surface area (Å²) < 4.78 is 14.6. The van der Waals surface area contributed by atoms with E-state index in [1.54, 1.807) is 13.8 Å². The van der Waals surface area contributed by atoms with Gasteiger partial charge in [-0.25, -0.2) is 4.79 Å². The maximum absolute atomic E-state index is 10.7. The second-order valence-electron chi connectivity index (χ2n) is 2.43. The molecule has 5 nitrogen and oxygen atoms in total. The summed E-state index contributed by atoms with van der Waals surface area (Å²) in [6, 6.07) is 0. The van der Waals surface area contributed by atoms with Crippen LogP contribution in [0.5, 0.6) is 0 Å². The molecule has 0 bridgehead atoms. The van der Waals surface area contributed by atoms with Crippen LogP contribution in [0.3, 0.4) is 0 Å². The largest absolute Gasteiger partial charge is 0.464 e. The number of hydrogen-bond donors (Lipinski definition) is 1. The first-order valence-electron chi connectivity index (χ1n) is 4.27. The summed E-state index contributed by atoms with van der Waals surface area (Å²) >= 11 is 0. The van der Waals surface area contributed by atoms with Crippen molar-refractivity contribution in [3.63, 3.8) is 0 Å². The third-order valence-corrected chi connectivity index (χ3v) is 1.13. The van der Waals surface area contributed by atoms with Crippen molar-refractivity contribution in [2.45, 2.75) is 20.1 Å². The fourth-order valence-corrected chi connectivity index (χ4v) is 0.651. The molecular formula is C8H17NO4. The van der Waals surface area contributed by atoms with Gasteiger partial charge in [0.05, 0.1) is 19.8 Å². The molecule has 0 saturated heterocycles. The van der Waals surface area contributed by atoms with E-state index >= 15 is 0 Å². The molecule has 0 rings (SSSR count). The van der Waals surface area contributed by atoms with Gasteiger partial charge in [-0.1, -0.05) is 0 Å². The minimum absolute atomic E-state index is 0.0316. The summed E-state index contributed by atoms with van der Waals surface area (Å²) in [5.74, 6) is -0.358. The fraction of sp³-hybridized carbons (Fsp3) is 0.875. The standard InChI is InChI=1S/C8H17NO4/c1-3-12-8(10)6-11-4-5-13-7(2)9/h7H,3-6,9H2,1-2H3. The molecule has 2 N–H and O–H groups in total. The van der Waals surface area contributed by atoms with Crippen LogP contribution >= 0.6 is 0 Å². The Bertz CT molecular complexity index is 138. The highest BCUT2D eigenvalue weighted by Gasteiger charge is 2.00. The molecule has 0 aromatic heterocycles. The molecule has 5 heteroatoms. The van der Waals surface area contributed by atoms with Gasteiger partial charge < -0.3 is 19.9 Å². The lowest BCUT2D eigenvalue weighted by atomic mass is 10.6. The Morgan fingerprint density at radius 1 is 1.46 bits per heavy atom. The van der Waals surface area contributed by atoms with Crippen molar-refractivity contribution in [2.24, 2.45) is 5.73 Å². The molecule has 0 heterocycles. The number of carbonyl (C=O) groups excluding carboxylic acids is 1. The van der Waals surface area contributed by atoms with Crippen LogP contribution in [0.2, 0.25) is 0 Å². The van der Waals surface area contributed by atoms with E-state index in [-0.39, 0.29) is 18.8 Å². The first kappa shape index (κ1) is 12.3. The third-order valence-electron chi connectivity index (χ3n) is 1.13. The normalized spacial score (nSPS) is 12.5. The number of carbonyl (C=O) groups is 1. The lowest BCUT2D eigenvalue weighted by Crippen LogP contribution is -2.22. The summed E-state index contributed by atoms with van der Waals surface area (Å²) in [4.78, 5) is 10.7. The highest BCUT2D eigenvalue weighted by atomic mass is 16.6. The Balaban J connectivity index is 3.11. The van der Waals surface area contributed by atoms with Gasteiger partial charge >= 0.3 is 5.97 Å². The van der Waals surface area contributed by atoms with Gasteiger partial charge in [0.1, 0.15) is 12.8 Å². The minimum atomic E-state index is -0.358. The van der Waals surface area contributed by atoms with Gasteiger partial charge in [-0.2, -0.15) is 0 Å². The first-order valence-corrected chi connectivity index (χ1v) is 4.27. The molecular weight excluding hydrogens is 174 g/mol. The summed E-state index contributed by atoms with van der Waals surface area (Å²) in [5.41, 5.74) is 5.31. The predicted molar refractivity (Wildman–Crippen MR) is 47.1 cm³/mol. The monoisotopic (exact) mass is 191 g/mol. The van der Waals surface area contributed by atoms with Crippen molar-refractivity contribution >= 4 is 5.97 Å². The van der Waals surface area contributed by atoms with Crippen LogP contribution in [0.4, 0.5) is 0 Å². The first-order chi connectivity index (χ1) is 6.16. The second-order valence-corrected chi connectivity index (χ2v) is 2.43. The quantitative estimate of drug-likeness (QED) is 0.345. The van der Waals surface area contributed by atoms with Gasteiger partial charge in [0, 0.05) is 0 Å². The zero-order chi connectivity index (χ0) is 10.1. The molecule has 0 spiro atoms. The Kier molecular flexibility index (Phi) is 7.57. The summed E-state index contributed by atoms with van der Waals surface area (Å²) in [7, 11) is 0. The molecule has 0 fully saturated rings. The maximum atomic E-state index is 10.7. The molecule has 0 radical (unpaired) electrons. The van der Waals surface area contributed by atoms with Gasteiger partial charge in [-0.15, -0.1) is 0 Å². The Morgan fingerprint density at radius 3 is 2.69 bits per heavy atom. The molecule has 1 atom stereocenters. The molecule has 0 amide bonds. The SMILES string of the molecule is CCOC(=O)COCCOC(C)N. The van der Waals surface area contributed by atoms with Crippen molar-refractivity contribution in [3.05, 3.63) is 0 Å². The zero-order valence-electron chi connectivity index (χ0n) is 8.12. The van der Waals surface area contributed by atoms with Gasteiger partial charge in [0.15, 0.2) is 0 Å². The minimum Gasteiger partial charge on any atom is -0.464 e. The number of esters is 1. The van der Waals surface area contributed by atoms with E-state index < -0.39 is 0 Å². The zero-order valence-corrected chi connectivity index (χ0v) is 8.12. The average molecular weight is 191 g/mol. The van der Waals surface area contributed by atoms with Gasteiger partial charge in [0.25, 0.3) is 0 Å². The van der Waals surface area contributed by atoms with Gasteiger partial charge in [0.2, 0.25) is 0 Å². The van der Waals surface area contributed by atoms with Crippen LogP contribution in [0.1, 0.15) is 13.8 Å². The molecule has 0 aromatic carbocycles. The van der Waals surface area contributed by atoms with Crippen LogP contribution in [0, 0.1) is 0 Å². The van der Waals surface area contributed by atoms with Crippen LogP contribution in [0.15, 0.2) is 0 Å². The van der Waals surface area contributed by atoms with E-state index in [2.05, 4.69) is 4.74 Å². The topological polar surface area (TPSA) is 70.8 Å². The number of rotatable bonds is 7. The van der Waals surface area contributed by atoms with E-state index in [0.29, 0.717) is 19.8 Å². The summed E-state index contributed by atoms with van der Waals surface area (Å²) in [5, 5.41) is 0. The van der Waals surface area contributed by atoms with Crippen LogP contribution < -0.4 is 5.73 Å². The highest BCUT2D eigenvalue weighted by Crippen LogP contribution is 1.84. The van der Waals surface area contributed by atoms with Crippen molar-refractivity contribution in [2.75, 3.05) is 26.4 Å².